The summed E-state index contributed by atoms with van der Waals surface area (Å²) >= 11 is 0. The molecule has 0 aliphatic carbocycles. The maximum Gasteiger partial charge on any atom is 0.253 e. The lowest BCUT2D eigenvalue weighted by Gasteiger charge is -2.35. The summed E-state index contributed by atoms with van der Waals surface area (Å²) in [4.78, 5) is 21.9. The number of nitrogens with one attached hydrogen (secondary N) is 1. The van der Waals surface area contributed by atoms with E-state index in [4.69, 9.17) is 4.74 Å². The van der Waals surface area contributed by atoms with Gasteiger partial charge in [-0.05, 0) is 11.9 Å². The number of benzene rings is 1. The molecule has 1 N–H and O–H groups in total. The number of nitrogens with zero attached hydrogens (tertiary/aromatic N) is 3. The lowest BCUT2D eigenvalue weighted by atomic mass is 10.1. The molecule has 0 radical (unpaired) electrons. The number of rotatable bonds is 6. The summed E-state index contributed by atoms with van der Waals surface area (Å²) in [6.07, 6.45) is 1.70. The molecule has 1 aromatic heterocycles. The van der Waals surface area contributed by atoms with Crippen LogP contribution in [-0.2, 0) is 4.74 Å². The number of anilines is 1. The molecule has 2 heterocycles. The fourth-order valence-corrected chi connectivity index (χ4v) is 3.25. The van der Waals surface area contributed by atoms with Gasteiger partial charge in [0.05, 0.1) is 12.2 Å². The highest BCUT2D eigenvalue weighted by Crippen LogP contribution is 2.28. The number of ether oxygens (including phenoxy) is 1. The van der Waals surface area contributed by atoms with Crippen LogP contribution < -0.4 is 10.2 Å². The van der Waals surface area contributed by atoms with E-state index in [0.29, 0.717) is 18.7 Å². The quantitative estimate of drug-likeness (QED) is 0.811. The number of fused-ring (bicyclic) bond motifs is 1. The van der Waals surface area contributed by atoms with Crippen LogP contribution in [0, 0.1) is 0 Å². The van der Waals surface area contributed by atoms with E-state index in [1.54, 1.807) is 13.3 Å². The summed E-state index contributed by atoms with van der Waals surface area (Å²) in [6.45, 7) is 8.29. The van der Waals surface area contributed by atoms with Crippen molar-refractivity contribution in [3.63, 3.8) is 0 Å². The van der Waals surface area contributed by atoms with Crippen LogP contribution in [0.15, 0.2) is 30.5 Å². The Kier molecular flexibility index (Phi) is 5.83. The van der Waals surface area contributed by atoms with Crippen molar-refractivity contribution in [2.75, 3.05) is 57.9 Å². The number of carbonyl (C=O) groups is 1. The van der Waals surface area contributed by atoms with Crippen LogP contribution in [0.25, 0.3) is 10.8 Å². The largest absolute Gasteiger partial charge is 0.383 e. The highest BCUT2D eigenvalue weighted by atomic mass is 16.5. The van der Waals surface area contributed by atoms with Gasteiger partial charge < -0.3 is 19.9 Å². The number of likely N-dealkylation sites (N-methyl/N-ethyl adjacent to an activating group) is 1. The first-order valence-electron chi connectivity index (χ1n) is 8.86. The Morgan fingerprint density at radius 1 is 1.20 bits per heavy atom. The van der Waals surface area contributed by atoms with Crippen LogP contribution in [0.3, 0.4) is 0 Å². The van der Waals surface area contributed by atoms with Gasteiger partial charge in [0, 0.05) is 51.4 Å². The highest BCUT2D eigenvalue weighted by Gasteiger charge is 2.20. The normalized spacial score (nSPS) is 15.5. The molecule has 6 nitrogen and oxygen atoms in total. The van der Waals surface area contributed by atoms with Gasteiger partial charge in [0.1, 0.15) is 5.82 Å². The lowest BCUT2D eigenvalue weighted by molar-refractivity contribution is 0.0938. The molecule has 25 heavy (non-hydrogen) atoms. The van der Waals surface area contributed by atoms with Crippen molar-refractivity contribution in [3.05, 3.63) is 36.0 Å². The van der Waals surface area contributed by atoms with E-state index in [1.165, 1.54) is 0 Å². The molecule has 1 aliphatic heterocycles. The molecule has 0 atom stereocenters. The van der Waals surface area contributed by atoms with Crippen LogP contribution in [0.2, 0.25) is 0 Å². The average molecular weight is 342 g/mol. The van der Waals surface area contributed by atoms with Crippen LogP contribution in [0.5, 0.6) is 0 Å². The Morgan fingerprint density at radius 3 is 2.60 bits per heavy atom. The fourth-order valence-electron chi connectivity index (χ4n) is 3.25. The first-order chi connectivity index (χ1) is 12.2. The maximum atomic E-state index is 12.5. The number of hydrogen-bond acceptors (Lipinski definition) is 5. The van der Waals surface area contributed by atoms with Gasteiger partial charge in [0.2, 0.25) is 0 Å². The molecule has 1 aromatic carbocycles. The zero-order valence-corrected chi connectivity index (χ0v) is 15.0. The zero-order valence-electron chi connectivity index (χ0n) is 15.0. The van der Waals surface area contributed by atoms with Crippen molar-refractivity contribution >= 4 is 22.5 Å². The van der Waals surface area contributed by atoms with Crippen molar-refractivity contribution in [1.29, 1.82) is 0 Å². The second kappa shape index (κ2) is 8.27. The summed E-state index contributed by atoms with van der Waals surface area (Å²) < 4.78 is 4.99. The van der Waals surface area contributed by atoms with Crippen molar-refractivity contribution in [3.8, 4) is 0 Å². The number of methoxy groups -OCH3 is 1. The molecule has 1 amide bonds. The third kappa shape index (κ3) is 3.91. The Balaban J connectivity index is 1.87. The van der Waals surface area contributed by atoms with Gasteiger partial charge >= 0.3 is 0 Å². The number of pyridine rings is 1. The van der Waals surface area contributed by atoms with Gasteiger partial charge in [0.25, 0.3) is 5.91 Å². The van der Waals surface area contributed by atoms with Gasteiger partial charge in [-0.3, -0.25) is 4.79 Å². The molecule has 3 rings (SSSR count). The summed E-state index contributed by atoms with van der Waals surface area (Å²) in [5.41, 5.74) is 0.614. The number of amides is 1. The Hall–Kier alpha value is -2.18. The molecule has 0 saturated carbocycles. The van der Waals surface area contributed by atoms with E-state index < -0.39 is 0 Å². The predicted molar refractivity (Wildman–Crippen MR) is 100 cm³/mol. The van der Waals surface area contributed by atoms with Crippen molar-refractivity contribution in [1.82, 2.24) is 15.2 Å². The van der Waals surface area contributed by atoms with Crippen molar-refractivity contribution in [2.45, 2.75) is 6.92 Å². The summed E-state index contributed by atoms with van der Waals surface area (Å²) in [5.74, 6) is 0.864. The van der Waals surface area contributed by atoms with Crippen molar-refractivity contribution in [2.24, 2.45) is 0 Å². The second-order valence-corrected chi connectivity index (χ2v) is 6.21. The standard InChI is InChI=1S/C19H26N4O2/c1-3-22-9-11-23(12-10-22)18-16-7-5-4-6-15(16)17(14-21-18)19(24)20-8-13-25-2/h4-7,14H,3,8-13H2,1-2H3,(H,20,24). The van der Waals surface area contributed by atoms with Crippen LogP contribution in [0.1, 0.15) is 17.3 Å². The molecular weight excluding hydrogens is 316 g/mol. The maximum absolute atomic E-state index is 12.5. The first kappa shape index (κ1) is 17.6. The van der Waals surface area contributed by atoms with Crippen LogP contribution >= 0.6 is 0 Å². The van der Waals surface area contributed by atoms with Crippen molar-refractivity contribution < 1.29 is 9.53 Å². The Labute approximate surface area is 148 Å². The fraction of sp³-hybridized carbons (Fsp3) is 0.474. The second-order valence-electron chi connectivity index (χ2n) is 6.21. The van der Waals surface area contributed by atoms with Gasteiger partial charge in [-0.15, -0.1) is 0 Å². The molecule has 0 unspecified atom stereocenters. The Morgan fingerprint density at radius 2 is 1.92 bits per heavy atom. The molecule has 6 heteroatoms. The molecular formula is C19H26N4O2. The molecule has 0 spiro atoms. The SMILES string of the molecule is CCN1CCN(c2ncc(C(=O)NCCOC)c3ccccc23)CC1. The smallest absolute Gasteiger partial charge is 0.253 e. The highest BCUT2D eigenvalue weighted by molar-refractivity contribution is 6.09. The van der Waals surface area contributed by atoms with E-state index in [1.807, 2.05) is 18.2 Å². The number of aromatic nitrogens is 1. The van der Waals surface area contributed by atoms with E-state index in [0.717, 1.165) is 49.3 Å². The molecule has 1 saturated heterocycles. The van der Waals surface area contributed by atoms with E-state index in [9.17, 15) is 4.79 Å². The number of carbonyl (C=O) groups excluding carboxylic acids is 1. The summed E-state index contributed by atoms with van der Waals surface area (Å²) in [6, 6.07) is 8.01. The summed E-state index contributed by atoms with van der Waals surface area (Å²) in [7, 11) is 1.62. The van der Waals surface area contributed by atoms with E-state index in [-0.39, 0.29) is 5.91 Å². The van der Waals surface area contributed by atoms with Gasteiger partial charge in [-0.25, -0.2) is 4.98 Å². The van der Waals surface area contributed by atoms with Gasteiger partial charge in [0.15, 0.2) is 0 Å². The number of piperazine rings is 1. The van der Waals surface area contributed by atoms with Gasteiger partial charge in [-0.1, -0.05) is 31.2 Å². The first-order valence-corrected chi connectivity index (χ1v) is 8.86. The minimum Gasteiger partial charge on any atom is -0.383 e. The third-order valence-electron chi connectivity index (χ3n) is 4.73. The van der Waals surface area contributed by atoms with Crippen LogP contribution in [-0.4, -0.2) is 68.8 Å². The summed E-state index contributed by atoms with van der Waals surface area (Å²) in [5, 5.41) is 4.86. The van der Waals surface area contributed by atoms with E-state index >= 15 is 0 Å². The minimum absolute atomic E-state index is 0.108. The molecule has 2 aromatic rings. The molecule has 134 valence electrons. The lowest BCUT2D eigenvalue weighted by Crippen LogP contribution is -2.46. The average Bonchev–Trinajstić information content (AvgIpc) is 2.67. The predicted octanol–water partition coefficient (Wildman–Crippen LogP) is 1.75. The number of hydrogen-bond donors (Lipinski definition) is 1. The molecule has 1 fully saturated rings. The van der Waals surface area contributed by atoms with E-state index in [2.05, 4.69) is 33.1 Å². The molecule has 0 bridgehead atoms. The third-order valence-corrected chi connectivity index (χ3v) is 4.73. The topological polar surface area (TPSA) is 57.7 Å². The monoisotopic (exact) mass is 342 g/mol. The van der Waals surface area contributed by atoms with Crippen LogP contribution in [0.4, 0.5) is 5.82 Å². The van der Waals surface area contributed by atoms with Gasteiger partial charge in [-0.2, -0.15) is 0 Å². The zero-order chi connectivity index (χ0) is 17.6. The Bertz CT molecular complexity index is 726. The minimum atomic E-state index is -0.108. The molecule has 1 aliphatic rings.